The van der Waals surface area contributed by atoms with E-state index < -0.39 is 0 Å². The van der Waals surface area contributed by atoms with Crippen LogP contribution in [0.3, 0.4) is 0 Å². The molecule has 0 amide bonds. The molecule has 3 heterocycles. The molecule has 0 spiro atoms. The highest BCUT2D eigenvalue weighted by Gasteiger charge is 2.26. The van der Waals surface area contributed by atoms with Crippen LogP contribution in [-0.2, 0) is 22.4 Å². The first-order valence-electron chi connectivity index (χ1n) is 7.82. The number of fused-ring (bicyclic) bond motifs is 1. The molecule has 0 unspecified atom stereocenters. The summed E-state index contributed by atoms with van der Waals surface area (Å²) in [5.74, 6) is 0.697. The van der Waals surface area contributed by atoms with Crippen molar-refractivity contribution in [2.45, 2.75) is 38.8 Å². The molecular weight excluding hydrogens is 254 g/mol. The van der Waals surface area contributed by atoms with Crippen molar-refractivity contribution in [3.63, 3.8) is 0 Å². The Balaban J connectivity index is 1.73. The van der Waals surface area contributed by atoms with E-state index in [1.165, 1.54) is 11.3 Å². The highest BCUT2D eigenvalue weighted by molar-refractivity contribution is 5.24. The largest absolute Gasteiger partial charge is 0.381 e. The second-order valence-electron chi connectivity index (χ2n) is 5.71. The predicted octanol–water partition coefficient (Wildman–Crippen LogP) is 1.53. The van der Waals surface area contributed by atoms with Crippen LogP contribution >= 0.6 is 0 Å². The van der Waals surface area contributed by atoms with Crippen molar-refractivity contribution in [2.24, 2.45) is 5.92 Å². The average molecular weight is 279 g/mol. The van der Waals surface area contributed by atoms with Crippen molar-refractivity contribution >= 4 is 0 Å². The third kappa shape index (κ3) is 3.05. The quantitative estimate of drug-likeness (QED) is 0.888. The summed E-state index contributed by atoms with van der Waals surface area (Å²) in [6.45, 7) is 7.38. The maximum Gasteiger partial charge on any atom is 0.0732 e. The summed E-state index contributed by atoms with van der Waals surface area (Å²) in [6, 6.07) is 0.293. The lowest BCUT2D eigenvalue weighted by molar-refractivity contribution is 0.0590. The molecule has 0 saturated carbocycles. The van der Waals surface area contributed by atoms with Crippen molar-refractivity contribution in [2.75, 3.05) is 33.0 Å². The zero-order valence-electron chi connectivity index (χ0n) is 12.3. The molecule has 5 nitrogen and oxygen atoms in total. The molecule has 3 rings (SSSR count). The monoisotopic (exact) mass is 279 g/mol. The maximum absolute atomic E-state index is 5.62. The molecule has 2 aliphatic rings. The summed E-state index contributed by atoms with van der Waals surface area (Å²) in [5, 5.41) is 8.19. The van der Waals surface area contributed by atoms with Gasteiger partial charge in [-0.2, -0.15) is 5.10 Å². The van der Waals surface area contributed by atoms with Crippen LogP contribution in [-0.4, -0.2) is 42.8 Å². The fourth-order valence-corrected chi connectivity index (χ4v) is 3.20. The third-order valence-corrected chi connectivity index (χ3v) is 4.34. The van der Waals surface area contributed by atoms with E-state index in [1.54, 1.807) is 0 Å². The predicted molar refractivity (Wildman–Crippen MR) is 76.7 cm³/mol. The summed E-state index contributed by atoms with van der Waals surface area (Å²) < 4.78 is 13.3. The normalized spacial score (nSPS) is 23.8. The Morgan fingerprint density at radius 1 is 1.45 bits per heavy atom. The number of ether oxygens (including phenoxy) is 2. The first-order valence-corrected chi connectivity index (χ1v) is 7.82. The number of rotatable bonds is 5. The topological polar surface area (TPSA) is 48.3 Å². The lowest BCUT2D eigenvalue weighted by Crippen LogP contribution is -2.35. The van der Waals surface area contributed by atoms with Crippen LogP contribution in [0.4, 0.5) is 0 Å². The Morgan fingerprint density at radius 3 is 3.10 bits per heavy atom. The zero-order valence-corrected chi connectivity index (χ0v) is 12.3. The first-order chi connectivity index (χ1) is 9.88. The molecule has 0 aromatic carbocycles. The molecule has 1 fully saturated rings. The Bertz CT molecular complexity index is 427. The van der Waals surface area contributed by atoms with Gasteiger partial charge >= 0.3 is 0 Å². The van der Waals surface area contributed by atoms with Crippen LogP contribution in [0.25, 0.3) is 0 Å². The summed E-state index contributed by atoms with van der Waals surface area (Å²) in [5.41, 5.74) is 2.73. The van der Waals surface area contributed by atoms with Gasteiger partial charge in [0.2, 0.25) is 0 Å². The minimum atomic E-state index is 0.293. The van der Waals surface area contributed by atoms with Crippen LogP contribution in [0.15, 0.2) is 6.20 Å². The number of aromatic nitrogens is 2. The van der Waals surface area contributed by atoms with Gasteiger partial charge < -0.3 is 14.8 Å². The van der Waals surface area contributed by atoms with Crippen molar-refractivity contribution in [3.05, 3.63) is 17.5 Å². The maximum atomic E-state index is 5.62. The van der Waals surface area contributed by atoms with E-state index in [-0.39, 0.29) is 0 Å². The lowest BCUT2D eigenvalue weighted by Gasteiger charge is -2.28. The lowest BCUT2D eigenvalue weighted by atomic mass is 9.99. The van der Waals surface area contributed by atoms with Crippen LogP contribution in [0.5, 0.6) is 0 Å². The van der Waals surface area contributed by atoms with E-state index in [0.29, 0.717) is 12.0 Å². The minimum Gasteiger partial charge on any atom is -0.381 e. The molecule has 1 aromatic rings. The smallest absolute Gasteiger partial charge is 0.0732 e. The Hall–Kier alpha value is -0.910. The zero-order chi connectivity index (χ0) is 13.8. The molecule has 1 aromatic heterocycles. The van der Waals surface area contributed by atoms with Gasteiger partial charge in [0, 0.05) is 32.9 Å². The van der Waals surface area contributed by atoms with Gasteiger partial charge in [0.25, 0.3) is 0 Å². The Kier molecular flexibility index (Phi) is 4.70. The van der Waals surface area contributed by atoms with Crippen molar-refractivity contribution in [1.82, 2.24) is 15.1 Å². The molecule has 1 N–H and O–H groups in total. The molecule has 112 valence electrons. The van der Waals surface area contributed by atoms with E-state index in [1.807, 2.05) is 6.92 Å². The van der Waals surface area contributed by atoms with Crippen molar-refractivity contribution < 1.29 is 9.47 Å². The Morgan fingerprint density at radius 2 is 2.30 bits per heavy atom. The number of nitrogens with zero attached hydrogens (tertiary/aromatic N) is 2. The summed E-state index contributed by atoms with van der Waals surface area (Å²) in [7, 11) is 0. The molecule has 0 aliphatic carbocycles. The second-order valence-corrected chi connectivity index (χ2v) is 5.71. The highest BCUT2D eigenvalue weighted by Crippen LogP contribution is 2.25. The number of hydrogen-bond donors (Lipinski definition) is 1. The summed E-state index contributed by atoms with van der Waals surface area (Å²) >= 11 is 0. The average Bonchev–Trinajstić information content (AvgIpc) is 2.90. The highest BCUT2D eigenvalue weighted by atomic mass is 16.5. The van der Waals surface area contributed by atoms with Crippen LogP contribution in [0.1, 0.15) is 37.1 Å². The van der Waals surface area contributed by atoms with Gasteiger partial charge in [0.15, 0.2) is 0 Å². The van der Waals surface area contributed by atoms with Gasteiger partial charge in [-0.1, -0.05) is 0 Å². The van der Waals surface area contributed by atoms with E-state index >= 15 is 0 Å². The van der Waals surface area contributed by atoms with E-state index in [9.17, 15) is 0 Å². The molecule has 0 radical (unpaired) electrons. The Labute approximate surface area is 120 Å². The molecule has 1 saturated heterocycles. The van der Waals surface area contributed by atoms with Gasteiger partial charge in [-0.15, -0.1) is 0 Å². The van der Waals surface area contributed by atoms with Crippen molar-refractivity contribution in [1.29, 1.82) is 0 Å². The van der Waals surface area contributed by atoms with Crippen LogP contribution < -0.4 is 5.32 Å². The van der Waals surface area contributed by atoms with Gasteiger partial charge in [0.1, 0.15) is 0 Å². The van der Waals surface area contributed by atoms with Gasteiger partial charge in [-0.05, 0) is 37.7 Å². The van der Waals surface area contributed by atoms with Crippen LogP contribution in [0, 0.1) is 5.92 Å². The first kappa shape index (κ1) is 14.0. The fourth-order valence-electron chi connectivity index (χ4n) is 3.20. The molecule has 5 heteroatoms. The SMILES string of the molecule is CCOC[C@@H]1NCCc2cnn(CC3CCOCC3)c21. The summed E-state index contributed by atoms with van der Waals surface area (Å²) in [4.78, 5) is 0. The van der Waals surface area contributed by atoms with Gasteiger partial charge in [-0.25, -0.2) is 0 Å². The van der Waals surface area contributed by atoms with E-state index in [4.69, 9.17) is 9.47 Å². The molecule has 0 bridgehead atoms. The fraction of sp³-hybridized carbons (Fsp3) is 0.800. The standard InChI is InChI=1S/C15H25N3O2/c1-2-19-11-14-15-13(3-6-16-14)9-17-18(15)10-12-4-7-20-8-5-12/h9,12,14,16H,2-8,10-11H2,1H3/t14-/m0/s1. The van der Waals surface area contributed by atoms with Crippen molar-refractivity contribution in [3.8, 4) is 0 Å². The molecule has 20 heavy (non-hydrogen) atoms. The van der Waals surface area contributed by atoms with E-state index in [2.05, 4.69) is 21.3 Å². The third-order valence-electron chi connectivity index (χ3n) is 4.34. The number of hydrogen-bond acceptors (Lipinski definition) is 4. The van der Waals surface area contributed by atoms with Gasteiger partial charge in [0.05, 0.1) is 24.5 Å². The van der Waals surface area contributed by atoms with E-state index in [0.717, 1.165) is 58.8 Å². The van der Waals surface area contributed by atoms with Crippen LogP contribution in [0.2, 0.25) is 0 Å². The summed E-state index contributed by atoms with van der Waals surface area (Å²) in [6.07, 6.45) is 5.43. The second kappa shape index (κ2) is 6.70. The van der Waals surface area contributed by atoms with Gasteiger partial charge in [-0.3, -0.25) is 4.68 Å². The molecule has 1 atom stereocenters. The minimum absolute atomic E-state index is 0.293. The molecule has 2 aliphatic heterocycles. The number of nitrogens with one attached hydrogen (secondary N) is 1. The molecular formula is C15H25N3O2.